The van der Waals surface area contributed by atoms with Gasteiger partial charge in [-0.25, -0.2) is 15.0 Å². The lowest BCUT2D eigenvalue weighted by Crippen LogP contribution is -2.09. The number of fused-ring (bicyclic) bond motifs is 1. The molecule has 0 aliphatic rings. The first-order valence-corrected chi connectivity index (χ1v) is 8.26. The summed E-state index contributed by atoms with van der Waals surface area (Å²) in [5, 5.41) is 0. The predicted molar refractivity (Wildman–Crippen MR) is 96.5 cm³/mol. The van der Waals surface area contributed by atoms with Crippen molar-refractivity contribution in [3.8, 4) is 17.1 Å². The van der Waals surface area contributed by atoms with E-state index in [0.29, 0.717) is 6.54 Å². The smallest absolute Gasteiger partial charge is 0.160 e. The quantitative estimate of drug-likeness (QED) is 0.562. The van der Waals surface area contributed by atoms with E-state index in [1.165, 1.54) is 0 Å². The molecule has 4 rings (SSSR count). The monoisotopic (exact) mass is 333 g/mol. The summed E-state index contributed by atoms with van der Waals surface area (Å²) >= 11 is 0. The van der Waals surface area contributed by atoms with Gasteiger partial charge in [-0.1, -0.05) is 12.1 Å². The van der Waals surface area contributed by atoms with Crippen LogP contribution in [0.3, 0.4) is 0 Å². The lowest BCUT2D eigenvalue weighted by molar-refractivity contribution is 0.416. The van der Waals surface area contributed by atoms with E-state index in [1.807, 2.05) is 42.6 Å². The Labute approximate surface area is 145 Å². The van der Waals surface area contributed by atoms with Crippen molar-refractivity contribution in [2.45, 2.75) is 20.0 Å². The summed E-state index contributed by atoms with van der Waals surface area (Å²) in [6.45, 7) is 3.55. The number of nitrogens with zero attached hydrogens (tertiary/aromatic N) is 5. The van der Waals surface area contributed by atoms with Gasteiger partial charge in [0.1, 0.15) is 22.9 Å². The Morgan fingerprint density at radius 1 is 1.04 bits per heavy atom. The van der Waals surface area contributed by atoms with E-state index in [0.717, 1.165) is 40.7 Å². The topological polar surface area (TPSA) is 57.8 Å². The van der Waals surface area contributed by atoms with Gasteiger partial charge in [0.05, 0.1) is 19.2 Å². The van der Waals surface area contributed by atoms with Crippen LogP contribution in [0.2, 0.25) is 0 Å². The summed E-state index contributed by atoms with van der Waals surface area (Å²) in [7, 11) is 1.67. The fourth-order valence-corrected chi connectivity index (χ4v) is 3.12. The predicted octanol–water partition coefficient (Wildman–Crippen LogP) is 3.37. The zero-order valence-corrected chi connectivity index (χ0v) is 14.3. The number of hydrogen-bond acceptors (Lipinski definition) is 4. The molecule has 1 aromatic carbocycles. The van der Waals surface area contributed by atoms with Crippen LogP contribution in [-0.2, 0) is 13.1 Å². The second-order valence-electron chi connectivity index (χ2n) is 5.70. The molecule has 4 aromatic rings. The molecule has 0 aliphatic carbocycles. The van der Waals surface area contributed by atoms with Gasteiger partial charge in [-0.05, 0) is 31.2 Å². The minimum atomic E-state index is 0.623. The second-order valence-corrected chi connectivity index (χ2v) is 5.70. The van der Waals surface area contributed by atoms with Crippen molar-refractivity contribution in [1.29, 1.82) is 0 Å². The number of ether oxygens (including phenoxy) is 1. The Balaban J connectivity index is 1.77. The van der Waals surface area contributed by atoms with Crippen LogP contribution in [0, 0.1) is 0 Å². The maximum absolute atomic E-state index is 5.48. The fourth-order valence-electron chi connectivity index (χ4n) is 3.12. The highest BCUT2D eigenvalue weighted by Gasteiger charge is 2.15. The molecule has 3 aromatic heterocycles. The summed E-state index contributed by atoms with van der Waals surface area (Å²) in [5.74, 6) is 2.63. The van der Waals surface area contributed by atoms with Crippen LogP contribution in [0.4, 0.5) is 0 Å². The van der Waals surface area contributed by atoms with Gasteiger partial charge >= 0.3 is 0 Å². The van der Waals surface area contributed by atoms with Gasteiger partial charge in [-0.3, -0.25) is 0 Å². The van der Waals surface area contributed by atoms with E-state index in [4.69, 9.17) is 9.72 Å². The van der Waals surface area contributed by atoms with Crippen LogP contribution in [0.1, 0.15) is 12.7 Å². The molecule has 0 atom stereocenters. The molecule has 0 bridgehead atoms. The van der Waals surface area contributed by atoms with E-state index in [9.17, 15) is 0 Å². The van der Waals surface area contributed by atoms with E-state index in [-0.39, 0.29) is 0 Å². The van der Waals surface area contributed by atoms with Crippen LogP contribution >= 0.6 is 0 Å². The number of hydrogen-bond donors (Lipinski definition) is 0. The number of methoxy groups -OCH3 is 1. The third-order valence-corrected chi connectivity index (χ3v) is 4.27. The summed E-state index contributed by atoms with van der Waals surface area (Å²) in [4.78, 5) is 13.8. The molecular formula is C19H19N5O. The van der Waals surface area contributed by atoms with Gasteiger partial charge in [0, 0.05) is 25.1 Å². The first-order chi connectivity index (χ1) is 12.3. The fraction of sp³-hybridized carbons (Fsp3) is 0.211. The molecule has 6 nitrogen and oxygen atoms in total. The van der Waals surface area contributed by atoms with Gasteiger partial charge in [-0.15, -0.1) is 0 Å². The summed E-state index contributed by atoms with van der Waals surface area (Å²) in [6.07, 6.45) is 5.57. The molecule has 0 saturated carbocycles. The Morgan fingerprint density at radius 2 is 1.92 bits per heavy atom. The van der Waals surface area contributed by atoms with Crippen molar-refractivity contribution in [3.05, 3.63) is 60.8 Å². The van der Waals surface area contributed by atoms with Gasteiger partial charge in [0.25, 0.3) is 0 Å². The van der Waals surface area contributed by atoms with Gasteiger partial charge in [0.15, 0.2) is 5.65 Å². The average Bonchev–Trinajstić information content (AvgIpc) is 3.25. The molecule has 0 unspecified atom stereocenters. The third-order valence-electron chi connectivity index (χ3n) is 4.27. The summed E-state index contributed by atoms with van der Waals surface area (Å²) < 4.78 is 9.71. The van der Waals surface area contributed by atoms with E-state index < -0.39 is 0 Å². The molecule has 0 amide bonds. The number of rotatable bonds is 5. The van der Waals surface area contributed by atoms with Crippen molar-refractivity contribution < 1.29 is 4.74 Å². The van der Waals surface area contributed by atoms with Crippen molar-refractivity contribution in [1.82, 2.24) is 24.1 Å². The molecule has 0 radical (unpaired) electrons. The van der Waals surface area contributed by atoms with E-state index in [1.54, 1.807) is 19.5 Å². The first kappa shape index (κ1) is 15.4. The zero-order chi connectivity index (χ0) is 17.2. The molecule has 6 heteroatoms. The molecule has 0 aliphatic heterocycles. The van der Waals surface area contributed by atoms with Gasteiger partial charge in [0.2, 0.25) is 0 Å². The highest BCUT2D eigenvalue weighted by Crippen LogP contribution is 2.28. The Morgan fingerprint density at radius 3 is 2.76 bits per heavy atom. The minimum Gasteiger partial charge on any atom is -0.496 e. The van der Waals surface area contributed by atoms with Crippen LogP contribution in [0.15, 0.2) is 55.0 Å². The van der Waals surface area contributed by atoms with Crippen molar-refractivity contribution in [2.24, 2.45) is 0 Å². The molecule has 25 heavy (non-hydrogen) atoms. The highest BCUT2D eigenvalue weighted by atomic mass is 16.5. The number of para-hydroxylation sites is 1. The van der Waals surface area contributed by atoms with Crippen LogP contribution in [0.25, 0.3) is 22.6 Å². The lowest BCUT2D eigenvalue weighted by Gasteiger charge is -2.11. The normalized spacial score (nSPS) is 11.1. The average molecular weight is 333 g/mol. The maximum atomic E-state index is 5.48. The largest absolute Gasteiger partial charge is 0.496 e. The number of aromatic nitrogens is 5. The second kappa shape index (κ2) is 6.39. The SMILES string of the molecule is CCn1c(Cn2ccnc2-c2ccccc2OC)nc2cccnc21. The van der Waals surface area contributed by atoms with Crippen LogP contribution in [0.5, 0.6) is 5.75 Å². The molecule has 126 valence electrons. The molecule has 0 fully saturated rings. The van der Waals surface area contributed by atoms with Crippen LogP contribution in [-0.4, -0.2) is 31.2 Å². The molecule has 0 saturated heterocycles. The summed E-state index contributed by atoms with van der Waals surface area (Å²) in [6, 6.07) is 11.8. The Bertz CT molecular complexity index is 1020. The van der Waals surface area contributed by atoms with Crippen molar-refractivity contribution in [2.75, 3.05) is 7.11 Å². The standard InChI is InChI=1S/C19H19N5O/c1-3-24-17(22-15-8-6-10-20-19(15)24)13-23-12-11-21-18(23)14-7-4-5-9-16(14)25-2/h4-12H,3,13H2,1-2H3. The first-order valence-electron chi connectivity index (χ1n) is 8.26. The van der Waals surface area contributed by atoms with Crippen molar-refractivity contribution in [3.63, 3.8) is 0 Å². The highest BCUT2D eigenvalue weighted by molar-refractivity contribution is 5.71. The molecule has 0 N–H and O–H groups in total. The molecule has 0 spiro atoms. The number of aryl methyl sites for hydroxylation is 1. The number of benzene rings is 1. The lowest BCUT2D eigenvalue weighted by atomic mass is 10.2. The number of pyridine rings is 1. The van der Waals surface area contributed by atoms with Crippen molar-refractivity contribution >= 4 is 11.2 Å². The van der Waals surface area contributed by atoms with E-state index in [2.05, 4.69) is 26.0 Å². The summed E-state index contributed by atoms with van der Waals surface area (Å²) in [5.41, 5.74) is 2.80. The van der Waals surface area contributed by atoms with Gasteiger partial charge in [-0.2, -0.15) is 0 Å². The van der Waals surface area contributed by atoms with E-state index >= 15 is 0 Å². The maximum Gasteiger partial charge on any atom is 0.160 e. The Kier molecular flexibility index (Phi) is 3.93. The zero-order valence-electron chi connectivity index (χ0n) is 14.3. The molecular weight excluding hydrogens is 314 g/mol. The minimum absolute atomic E-state index is 0.623. The third kappa shape index (κ3) is 2.65. The van der Waals surface area contributed by atoms with Gasteiger partial charge < -0.3 is 13.9 Å². The van der Waals surface area contributed by atoms with Crippen LogP contribution < -0.4 is 4.74 Å². The molecule has 3 heterocycles. The Hall–Kier alpha value is -3.15. The number of imidazole rings is 2.